The van der Waals surface area contributed by atoms with Gasteiger partial charge in [0.2, 0.25) is 0 Å². The second-order valence-electron chi connectivity index (χ2n) is 6.86. The third kappa shape index (κ3) is 4.46. The predicted octanol–water partition coefficient (Wildman–Crippen LogP) is 4.23. The van der Waals surface area contributed by atoms with Crippen molar-refractivity contribution in [3.63, 3.8) is 0 Å². The van der Waals surface area contributed by atoms with E-state index in [2.05, 4.69) is 4.98 Å². The van der Waals surface area contributed by atoms with E-state index in [1.165, 1.54) is 0 Å². The van der Waals surface area contributed by atoms with E-state index >= 15 is 0 Å². The lowest BCUT2D eigenvalue weighted by Crippen LogP contribution is -2.29. The van der Waals surface area contributed by atoms with Gasteiger partial charge in [-0.15, -0.1) is 0 Å². The van der Waals surface area contributed by atoms with Crippen molar-refractivity contribution in [3.8, 4) is 11.3 Å². The highest BCUT2D eigenvalue weighted by Gasteiger charge is 2.33. The Morgan fingerprint density at radius 3 is 2.48 bits per heavy atom. The van der Waals surface area contributed by atoms with Crippen LogP contribution in [0.4, 0.5) is 5.69 Å². The number of aryl methyl sites for hydroxylation is 1. The Hall–Kier alpha value is -2.81. The minimum atomic E-state index is -3.81. The van der Waals surface area contributed by atoms with Crippen molar-refractivity contribution in [1.29, 1.82) is 0 Å². The maximum atomic E-state index is 12.0. The molecule has 2 aromatic carbocycles. The van der Waals surface area contributed by atoms with Crippen LogP contribution in [0.3, 0.4) is 0 Å². The zero-order valence-corrected chi connectivity index (χ0v) is 18.7. The summed E-state index contributed by atoms with van der Waals surface area (Å²) in [4.78, 5) is 16.1. The van der Waals surface area contributed by atoms with Gasteiger partial charge in [0.1, 0.15) is 12.4 Å². The van der Waals surface area contributed by atoms with Crippen LogP contribution in [0.25, 0.3) is 23.4 Å². The Morgan fingerprint density at radius 1 is 1.13 bits per heavy atom. The minimum Gasteiger partial charge on any atom is -0.331 e. The van der Waals surface area contributed by atoms with Gasteiger partial charge in [0, 0.05) is 23.3 Å². The van der Waals surface area contributed by atoms with E-state index in [0.717, 1.165) is 33.5 Å². The number of carbonyl (C=O) groups excluding carboxylic acids is 1. The van der Waals surface area contributed by atoms with Crippen LogP contribution in [0, 0.1) is 0 Å². The molecule has 31 heavy (non-hydrogen) atoms. The first-order valence-corrected chi connectivity index (χ1v) is 11.6. The summed E-state index contributed by atoms with van der Waals surface area (Å²) in [5, 5.41) is 1.10. The molecule has 1 saturated heterocycles. The number of rotatable bonds is 5. The molecule has 0 atom stereocenters. The fourth-order valence-corrected chi connectivity index (χ4v) is 4.90. The van der Waals surface area contributed by atoms with Crippen molar-refractivity contribution in [3.05, 3.63) is 70.1 Å². The maximum absolute atomic E-state index is 12.0. The molecule has 0 radical (unpaired) electrons. The van der Waals surface area contributed by atoms with Gasteiger partial charge in [0.05, 0.1) is 16.4 Å². The van der Waals surface area contributed by atoms with Crippen LogP contribution in [-0.2, 0) is 21.5 Å². The Morgan fingerprint density at radius 2 is 1.87 bits per heavy atom. The van der Waals surface area contributed by atoms with Crippen molar-refractivity contribution < 1.29 is 13.2 Å². The summed E-state index contributed by atoms with van der Waals surface area (Å²) in [6.45, 7) is 2.53. The highest BCUT2D eigenvalue weighted by Crippen LogP contribution is 2.30. The van der Waals surface area contributed by atoms with Crippen LogP contribution in [0.1, 0.15) is 18.3 Å². The minimum absolute atomic E-state index is 0.221. The number of amides is 1. The van der Waals surface area contributed by atoms with Gasteiger partial charge in [0.25, 0.3) is 5.91 Å². The molecule has 10 heteroatoms. The van der Waals surface area contributed by atoms with E-state index in [4.69, 9.17) is 23.2 Å². The molecule has 0 unspecified atom stereocenters. The van der Waals surface area contributed by atoms with Gasteiger partial charge in [-0.25, -0.2) is 14.0 Å². The van der Waals surface area contributed by atoms with Gasteiger partial charge in [-0.1, -0.05) is 41.4 Å². The Bertz CT molecular complexity index is 1280. The Labute approximate surface area is 190 Å². The molecule has 1 N–H and O–H groups in total. The van der Waals surface area contributed by atoms with Gasteiger partial charge in [-0.2, -0.15) is 8.42 Å². The number of nitrogens with zero attached hydrogens (tertiary/aromatic N) is 3. The quantitative estimate of drug-likeness (QED) is 0.596. The molecule has 160 valence electrons. The average molecular weight is 477 g/mol. The summed E-state index contributed by atoms with van der Waals surface area (Å²) in [7, 11) is -3.81. The molecule has 0 aliphatic carbocycles. The van der Waals surface area contributed by atoms with Gasteiger partial charge in [-0.3, -0.25) is 4.79 Å². The van der Waals surface area contributed by atoms with Gasteiger partial charge >= 0.3 is 10.2 Å². The smallest absolute Gasteiger partial charge is 0.326 e. The zero-order valence-electron chi connectivity index (χ0n) is 16.4. The first-order chi connectivity index (χ1) is 14.8. The second-order valence-corrected chi connectivity index (χ2v) is 9.29. The van der Waals surface area contributed by atoms with E-state index in [1.807, 2.05) is 40.6 Å². The normalized spacial score (nSPS) is 15.6. The van der Waals surface area contributed by atoms with E-state index in [9.17, 15) is 13.2 Å². The van der Waals surface area contributed by atoms with E-state index in [-0.39, 0.29) is 6.54 Å². The lowest BCUT2D eigenvalue weighted by atomic mass is 10.2. The largest absolute Gasteiger partial charge is 0.331 e. The molecule has 4 rings (SSSR count). The molecule has 1 aliphatic heterocycles. The molecule has 0 spiro atoms. The molecule has 1 aromatic heterocycles. The molecule has 7 nitrogen and oxygen atoms in total. The first kappa shape index (κ1) is 21.4. The molecule has 0 saturated carbocycles. The summed E-state index contributed by atoms with van der Waals surface area (Å²) in [6.07, 6.45) is 5.69. The molecular formula is C21H18Cl2N4O3S. The summed E-state index contributed by atoms with van der Waals surface area (Å²) in [5.74, 6) is 0.205. The molecule has 3 aromatic rings. The number of nitrogens with one attached hydrogen (secondary N) is 1. The number of halogens is 2. The molecule has 1 amide bonds. The van der Waals surface area contributed by atoms with Crippen molar-refractivity contribution in [1.82, 2.24) is 14.3 Å². The number of hydrogen-bond acceptors (Lipinski definition) is 4. The third-order valence-electron chi connectivity index (χ3n) is 4.78. The van der Waals surface area contributed by atoms with Crippen LogP contribution in [-0.4, -0.2) is 30.4 Å². The van der Waals surface area contributed by atoms with Crippen LogP contribution < -0.4 is 9.03 Å². The molecule has 2 heterocycles. The molecule has 1 fully saturated rings. The Balaban J connectivity index is 1.57. The lowest BCUT2D eigenvalue weighted by molar-refractivity contribution is -0.117. The second kappa shape index (κ2) is 8.37. The van der Waals surface area contributed by atoms with Crippen molar-refractivity contribution in [2.45, 2.75) is 13.5 Å². The molecule has 1 aliphatic rings. The highest BCUT2D eigenvalue weighted by molar-refractivity contribution is 7.92. The topological polar surface area (TPSA) is 84.3 Å². The molecule has 0 bridgehead atoms. The standard InChI is InChI=1S/C21H18Cl2N4O3S/c1-2-26-12-19(17-9-6-15(22)11-18(17)23)24-20(26)10-5-14-3-7-16(8-4-14)27-13-21(28)25-31(27,29)30/h3-12H,2,13H2,1H3,(H,25,28). The van der Waals surface area contributed by atoms with Crippen LogP contribution >= 0.6 is 23.2 Å². The number of benzene rings is 2. The van der Waals surface area contributed by atoms with Crippen LogP contribution in [0.5, 0.6) is 0 Å². The van der Waals surface area contributed by atoms with Crippen LogP contribution in [0.2, 0.25) is 10.0 Å². The first-order valence-electron chi connectivity index (χ1n) is 9.41. The van der Waals surface area contributed by atoms with Crippen molar-refractivity contribution >= 4 is 57.2 Å². The Kier molecular flexibility index (Phi) is 5.79. The number of imidazole rings is 1. The summed E-state index contributed by atoms with van der Waals surface area (Å²) in [6, 6.07) is 12.2. The van der Waals surface area contributed by atoms with E-state index < -0.39 is 16.1 Å². The maximum Gasteiger partial charge on any atom is 0.326 e. The fraction of sp³-hybridized carbons (Fsp3) is 0.143. The SMILES string of the molecule is CCn1cc(-c2ccc(Cl)cc2Cl)nc1C=Cc1ccc(N2CC(=O)NS2(=O)=O)cc1. The third-order valence-corrected chi connectivity index (χ3v) is 6.73. The monoisotopic (exact) mass is 476 g/mol. The van der Waals surface area contributed by atoms with Crippen molar-refractivity contribution in [2.75, 3.05) is 10.8 Å². The van der Waals surface area contributed by atoms with Gasteiger partial charge < -0.3 is 4.57 Å². The summed E-state index contributed by atoms with van der Waals surface area (Å²) >= 11 is 12.3. The number of aromatic nitrogens is 2. The number of anilines is 1. The fourth-order valence-electron chi connectivity index (χ4n) is 3.24. The highest BCUT2D eigenvalue weighted by atomic mass is 35.5. The van der Waals surface area contributed by atoms with Gasteiger partial charge in [-0.05, 0) is 48.9 Å². The molecular weight excluding hydrogens is 459 g/mol. The van der Waals surface area contributed by atoms with Crippen LogP contribution in [0.15, 0.2) is 48.7 Å². The van der Waals surface area contributed by atoms with Crippen molar-refractivity contribution in [2.24, 2.45) is 0 Å². The zero-order chi connectivity index (χ0) is 22.2. The predicted molar refractivity (Wildman–Crippen MR) is 123 cm³/mol. The summed E-state index contributed by atoms with van der Waals surface area (Å²) < 4.78 is 28.9. The van der Waals surface area contributed by atoms with E-state index in [0.29, 0.717) is 15.7 Å². The van der Waals surface area contributed by atoms with E-state index in [1.54, 1.807) is 36.4 Å². The lowest BCUT2D eigenvalue weighted by Gasteiger charge is -2.14. The number of hydrogen-bond donors (Lipinski definition) is 1. The average Bonchev–Trinajstić information content (AvgIpc) is 3.25. The summed E-state index contributed by atoms with van der Waals surface area (Å²) in [5.41, 5.74) is 2.82. The number of carbonyl (C=O) groups is 1. The van der Waals surface area contributed by atoms with Gasteiger partial charge in [0.15, 0.2) is 0 Å².